The fourth-order valence-electron chi connectivity index (χ4n) is 0.161. The van der Waals surface area contributed by atoms with E-state index in [2.05, 4.69) is 11.6 Å². The molecule has 0 aromatic carbocycles. The molecule has 10 heteroatoms. The summed E-state index contributed by atoms with van der Waals surface area (Å²) in [4.78, 5) is 9.48. The summed E-state index contributed by atoms with van der Waals surface area (Å²) >= 11 is 3.77. The standard InChI is InChI=1S/C3ClF5O.3H2O/c4-2(5,6)1(10)3(7,8)9;;;/h;3*1H2. The molecule has 0 unspecified atom stereocenters. The van der Waals surface area contributed by atoms with Crippen molar-refractivity contribution in [2.24, 2.45) is 0 Å². The number of alkyl halides is 6. The van der Waals surface area contributed by atoms with Gasteiger partial charge in [-0.1, -0.05) is 0 Å². The van der Waals surface area contributed by atoms with E-state index < -0.39 is 17.3 Å². The zero-order chi connectivity index (χ0) is 8.58. The third-order valence-corrected chi connectivity index (χ3v) is 0.687. The zero-order valence-corrected chi connectivity index (χ0v) is 6.43. The Morgan fingerprint density at radius 1 is 0.923 bits per heavy atom. The van der Waals surface area contributed by atoms with Gasteiger partial charge in [0.2, 0.25) is 0 Å². The van der Waals surface area contributed by atoms with Crippen LogP contribution in [-0.2, 0) is 4.79 Å². The Morgan fingerprint density at radius 3 is 1.15 bits per heavy atom. The highest BCUT2D eigenvalue weighted by Crippen LogP contribution is 2.30. The van der Waals surface area contributed by atoms with Crippen molar-refractivity contribution in [2.45, 2.75) is 11.6 Å². The number of rotatable bonds is 1. The van der Waals surface area contributed by atoms with Crippen LogP contribution in [0.25, 0.3) is 0 Å². The summed E-state index contributed by atoms with van der Waals surface area (Å²) in [6.07, 6.45) is -5.58. The number of carbonyl (C=O) groups is 1. The van der Waals surface area contributed by atoms with Crippen LogP contribution >= 0.6 is 11.6 Å². The van der Waals surface area contributed by atoms with E-state index in [0.717, 1.165) is 0 Å². The molecule has 0 heterocycles. The molecule has 0 amide bonds. The van der Waals surface area contributed by atoms with Crippen LogP contribution in [0.1, 0.15) is 0 Å². The molecular weight excluding hydrogens is 230 g/mol. The molecule has 13 heavy (non-hydrogen) atoms. The maximum absolute atomic E-state index is 11.3. The summed E-state index contributed by atoms with van der Waals surface area (Å²) in [5, 5.41) is -4.85. The molecule has 6 N–H and O–H groups in total. The van der Waals surface area contributed by atoms with Gasteiger partial charge in [0, 0.05) is 0 Å². The quantitative estimate of drug-likeness (QED) is 0.442. The first kappa shape index (κ1) is 22.9. The zero-order valence-electron chi connectivity index (χ0n) is 5.68. The van der Waals surface area contributed by atoms with Gasteiger partial charge in [-0.2, -0.15) is 22.0 Å². The maximum Gasteiger partial charge on any atom is 0.457 e. The van der Waals surface area contributed by atoms with Gasteiger partial charge in [0.15, 0.2) is 0 Å². The largest absolute Gasteiger partial charge is 0.457 e. The van der Waals surface area contributed by atoms with Gasteiger partial charge in [0.25, 0.3) is 0 Å². The molecular formula is C3H6ClF5O4. The Hall–Kier alpha value is -0.510. The summed E-state index contributed by atoms with van der Waals surface area (Å²) in [7, 11) is 0. The van der Waals surface area contributed by atoms with Crippen molar-refractivity contribution in [3.8, 4) is 0 Å². The van der Waals surface area contributed by atoms with E-state index in [9.17, 15) is 26.7 Å². The number of ketones is 1. The van der Waals surface area contributed by atoms with Crippen LogP contribution in [0.3, 0.4) is 0 Å². The Morgan fingerprint density at radius 2 is 1.15 bits per heavy atom. The predicted octanol–water partition coefficient (Wildman–Crippen LogP) is -0.525. The third kappa shape index (κ3) is 7.84. The number of carbonyl (C=O) groups excluding carboxylic acids is 1. The molecule has 0 aromatic rings. The fourth-order valence-corrected chi connectivity index (χ4v) is 0.268. The summed E-state index contributed by atoms with van der Waals surface area (Å²) in [6.45, 7) is 0. The van der Waals surface area contributed by atoms with E-state index in [1.807, 2.05) is 0 Å². The van der Waals surface area contributed by atoms with Crippen molar-refractivity contribution in [3.05, 3.63) is 0 Å². The average molecular weight is 237 g/mol. The van der Waals surface area contributed by atoms with Crippen molar-refractivity contribution >= 4 is 17.4 Å². The molecule has 0 fully saturated rings. The number of hydrogen-bond acceptors (Lipinski definition) is 1. The Balaban J connectivity index is -0.000000135. The van der Waals surface area contributed by atoms with Crippen molar-refractivity contribution in [1.29, 1.82) is 0 Å². The van der Waals surface area contributed by atoms with E-state index in [0.29, 0.717) is 0 Å². The van der Waals surface area contributed by atoms with Gasteiger partial charge >= 0.3 is 17.3 Å². The molecule has 0 atom stereocenters. The van der Waals surface area contributed by atoms with E-state index >= 15 is 0 Å². The maximum atomic E-state index is 11.3. The normalized spacial score (nSPS) is 10.3. The molecule has 0 saturated carbocycles. The first-order valence-electron chi connectivity index (χ1n) is 1.84. The van der Waals surface area contributed by atoms with Crippen molar-refractivity contribution in [2.75, 3.05) is 0 Å². The lowest BCUT2D eigenvalue weighted by molar-refractivity contribution is -0.186. The fraction of sp³-hybridized carbons (Fsp3) is 0.667. The van der Waals surface area contributed by atoms with E-state index in [1.54, 1.807) is 0 Å². The van der Waals surface area contributed by atoms with Gasteiger partial charge in [0.05, 0.1) is 0 Å². The molecule has 0 aliphatic carbocycles. The Kier molecular flexibility index (Phi) is 10.6. The van der Waals surface area contributed by atoms with Gasteiger partial charge < -0.3 is 16.4 Å². The van der Waals surface area contributed by atoms with Crippen LogP contribution in [0.4, 0.5) is 22.0 Å². The molecule has 0 aliphatic heterocycles. The molecule has 0 aromatic heterocycles. The first-order chi connectivity index (χ1) is 4.15. The highest BCUT2D eigenvalue weighted by atomic mass is 35.5. The number of hydrogen-bond donors (Lipinski definition) is 0. The van der Waals surface area contributed by atoms with Crippen LogP contribution in [0.5, 0.6) is 0 Å². The number of Topliss-reactive ketones (excluding diaryl/α,β-unsaturated/α-hetero) is 1. The highest BCUT2D eigenvalue weighted by Gasteiger charge is 2.53. The van der Waals surface area contributed by atoms with Crippen molar-refractivity contribution < 1.29 is 43.2 Å². The molecule has 84 valence electrons. The molecule has 0 radical (unpaired) electrons. The minimum atomic E-state index is -5.58. The third-order valence-electron chi connectivity index (χ3n) is 0.515. The molecule has 4 nitrogen and oxygen atoms in total. The second-order valence-electron chi connectivity index (χ2n) is 1.32. The molecule has 0 spiro atoms. The first-order valence-corrected chi connectivity index (χ1v) is 2.22. The van der Waals surface area contributed by atoms with Crippen LogP contribution in [0, 0.1) is 0 Å². The molecule has 0 aliphatic rings. The van der Waals surface area contributed by atoms with Crippen LogP contribution in [-0.4, -0.2) is 33.8 Å². The molecule has 0 bridgehead atoms. The highest BCUT2D eigenvalue weighted by molar-refractivity contribution is 6.33. The second-order valence-corrected chi connectivity index (χ2v) is 1.80. The van der Waals surface area contributed by atoms with Crippen molar-refractivity contribution in [1.82, 2.24) is 0 Å². The lowest BCUT2D eigenvalue weighted by Crippen LogP contribution is -2.35. The predicted molar refractivity (Wildman–Crippen MR) is 32.7 cm³/mol. The van der Waals surface area contributed by atoms with Gasteiger partial charge in [-0.3, -0.25) is 4.79 Å². The van der Waals surface area contributed by atoms with Gasteiger partial charge in [-0.05, 0) is 11.6 Å². The SMILES string of the molecule is O.O.O.O=C(C(F)(F)F)C(F)(F)Cl. The lowest BCUT2D eigenvalue weighted by atomic mass is 10.4. The van der Waals surface area contributed by atoms with Gasteiger partial charge in [0.1, 0.15) is 0 Å². The lowest BCUT2D eigenvalue weighted by Gasteiger charge is -2.08. The second kappa shape index (κ2) is 6.02. The van der Waals surface area contributed by atoms with Crippen molar-refractivity contribution in [3.63, 3.8) is 0 Å². The monoisotopic (exact) mass is 236 g/mol. The Bertz CT molecular complexity index is 135. The van der Waals surface area contributed by atoms with Crippen LogP contribution in [0.2, 0.25) is 0 Å². The van der Waals surface area contributed by atoms with Gasteiger partial charge in [-0.15, -0.1) is 0 Å². The number of halogens is 6. The summed E-state index contributed by atoms with van der Waals surface area (Å²) in [6, 6.07) is 0. The van der Waals surface area contributed by atoms with E-state index in [1.165, 1.54) is 0 Å². The minimum Gasteiger partial charge on any atom is -0.412 e. The van der Waals surface area contributed by atoms with Crippen LogP contribution in [0.15, 0.2) is 0 Å². The minimum absolute atomic E-state index is 0. The topological polar surface area (TPSA) is 112 Å². The van der Waals surface area contributed by atoms with Gasteiger partial charge in [-0.25, -0.2) is 0 Å². The van der Waals surface area contributed by atoms with E-state index in [-0.39, 0.29) is 16.4 Å². The summed E-state index contributed by atoms with van der Waals surface area (Å²) < 4.78 is 55.7. The van der Waals surface area contributed by atoms with Crippen LogP contribution < -0.4 is 0 Å². The Labute approximate surface area is 73.2 Å². The molecule has 0 rings (SSSR count). The smallest absolute Gasteiger partial charge is 0.412 e. The molecule has 0 saturated heterocycles. The summed E-state index contributed by atoms with van der Waals surface area (Å²) in [5.41, 5.74) is 0. The average Bonchev–Trinajstić information content (AvgIpc) is 1.59. The van der Waals surface area contributed by atoms with E-state index in [4.69, 9.17) is 0 Å². The summed E-state index contributed by atoms with van der Waals surface area (Å²) in [5.74, 6) is -3.25.